The Morgan fingerprint density at radius 3 is 2.60 bits per heavy atom. The number of rotatable bonds is 3. The van der Waals surface area contributed by atoms with E-state index in [4.69, 9.17) is 0 Å². The summed E-state index contributed by atoms with van der Waals surface area (Å²) < 4.78 is 22.4. The summed E-state index contributed by atoms with van der Waals surface area (Å²) in [5, 5.41) is 3.27. The lowest BCUT2D eigenvalue weighted by molar-refractivity contribution is 0.554. The van der Waals surface area contributed by atoms with Crippen LogP contribution in [0.3, 0.4) is 0 Å². The van der Waals surface area contributed by atoms with Gasteiger partial charge in [0.05, 0.1) is 11.5 Å². The normalized spacial score (nSPS) is 24.1. The van der Waals surface area contributed by atoms with Crippen molar-refractivity contribution in [1.29, 1.82) is 0 Å². The van der Waals surface area contributed by atoms with Crippen LogP contribution in [0.1, 0.15) is 12.0 Å². The SMILES string of the molecule is O=S1(=O)CCC(NCc2ccccc2)C1. The lowest BCUT2D eigenvalue weighted by Crippen LogP contribution is -2.29. The molecule has 1 atom stereocenters. The van der Waals surface area contributed by atoms with E-state index in [0.29, 0.717) is 11.5 Å². The second kappa shape index (κ2) is 4.33. The molecule has 1 aromatic rings. The second-order valence-electron chi connectivity index (χ2n) is 3.97. The summed E-state index contributed by atoms with van der Waals surface area (Å²) in [5.74, 6) is 0.624. The van der Waals surface area contributed by atoms with E-state index in [1.54, 1.807) is 0 Å². The highest BCUT2D eigenvalue weighted by atomic mass is 32.2. The molecule has 1 aliphatic heterocycles. The minimum absolute atomic E-state index is 0.134. The predicted octanol–water partition coefficient (Wildman–Crippen LogP) is 0.963. The monoisotopic (exact) mass is 225 g/mol. The van der Waals surface area contributed by atoms with Gasteiger partial charge in [0.25, 0.3) is 0 Å². The third-order valence-electron chi connectivity index (χ3n) is 2.67. The van der Waals surface area contributed by atoms with Gasteiger partial charge in [0.15, 0.2) is 9.84 Å². The highest BCUT2D eigenvalue weighted by molar-refractivity contribution is 7.91. The van der Waals surface area contributed by atoms with Crippen molar-refractivity contribution in [3.05, 3.63) is 35.9 Å². The molecular formula is C11H15NO2S. The van der Waals surface area contributed by atoms with Gasteiger partial charge in [-0.2, -0.15) is 0 Å². The molecule has 1 unspecified atom stereocenters. The Morgan fingerprint density at radius 1 is 1.27 bits per heavy atom. The second-order valence-corrected chi connectivity index (χ2v) is 6.20. The molecule has 0 radical (unpaired) electrons. The van der Waals surface area contributed by atoms with E-state index in [9.17, 15) is 8.42 Å². The molecular weight excluding hydrogens is 210 g/mol. The van der Waals surface area contributed by atoms with E-state index >= 15 is 0 Å². The summed E-state index contributed by atoms with van der Waals surface area (Å²) in [5.41, 5.74) is 1.20. The van der Waals surface area contributed by atoms with Crippen LogP contribution in [0.2, 0.25) is 0 Å². The Morgan fingerprint density at radius 2 is 2.00 bits per heavy atom. The van der Waals surface area contributed by atoms with Gasteiger partial charge in [-0.3, -0.25) is 0 Å². The summed E-state index contributed by atoms with van der Waals surface area (Å²) >= 11 is 0. The van der Waals surface area contributed by atoms with E-state index in [0.717, 1.165) is 13.0 Å². The lowest BCUT2D eigenvalue weighted by Gasteiger charge is -2.10. The van der Waals surface area contributed by atoms with E-state index in [2.05, 4.69) is 5.32 Å². The lowest BCUT2D eigenvalue weighted by atomic mass is 10.2. The van der Waals surface area contributed by atoms with Crippen LogP contribution in [0.15, 0.2) is 30.3 Å². The Labute approximate surface area is 90.4 Å². The van der Waals surface area contributed by atoms with Gasteiger partial charge in [-0.1, -0.05) is 30.3 Å². The maximum absolute atomic E-state index is 11.2. The maximum atomic E-state index is 11.2. The van der Waals surface area contributed by atoms with Crippen LogP contribution in [0, 0.1) is 0 Å². The van der Waals surface area contributed by atoms with Crippen LogP contribution in [0.4, 0.5) is 0 Å². The molecule has 1 saturated heterocycles. The standard InChI is InChI=1S/C11H15NO2S/c13-15(14)7-6-11(9-15)12-8-10-4-2-1-3-5-10/h1-5,11-12H,6-9H2. The molecule has 1 N–H and O–H groups in total. The molecule has 0 spiro atoms. The predicted molar refractivity (Wildman–Crippen MR) is 60.3 cm³/mol. The topological polar surface area (TPSA) is 46.2 Å². The van der Waals surface area contributed by atoms with Crippen molar-refractivity contribution in [2.75, 3.05) is 11.5 Å². The van der Waals surface area contributed by atoms with Gasteiger partial charge in [0.2, 0.25) is 0 Å². The molecule has 1 aliphatic rings. The van der Waals surface area contributed by atoms with E-state index in [-0.39, 0.29) is 6.04 Å². The van der Waals surface area contributed by atoms with Crippen molar-refractivity contribution >= 4 is 9.84 Å². The highest BCUT2D eigenvalue weighted by Crippen LogP contribution is 2.11. The molecule has 0 aliphatic carbocycles. The smallest absolute Gasteiger partial charge is 0.151 e. The minimum atomic E-state index is -2.76. The zero-order valence-corrected chi connectivity index (χ0v) is 9.33. The first-order valence-corrected chi connectivity index (χ1v) is 6.96. The molecule has 0 saturated carbocycles. The first kappa shape index (κ1) is 10.6. The summed E-state index contributed by atoms with van der Waals surface area (Å²) in [6.45, 7) is 0.751. The van der Waals surface area contributed by atoms with Crippen LogP contribution in [0.25, 0.3) is 0 Å². The van der Waals surface area contributed by atoms with Crippen molar-refractivity contribution in [3.63, 3.8) is 0 Å². The minimum Gasteiger partial charge on any atom is -0.309 e. The Balaban J connectivity index is 1.85. The fraction of sp³-hybridized carbons (Fsp3) is 0.455. The molecule has 0 bridgehead atoms. The Kier molecular flexibility index (Phi) is 3.07. The highest BCUT2D eigenvalue weighted by Gasteiger charge is 2.26. The van der Waals surface area contributed by atoms with Gasteiger partial charge in [-0.25, -0.2) is 8.42 Å². The zero-order chi connectivity index (χ0) is 10.7. The Hall–Kier alpha value is -0.870. The van der Waals surface area contributed by atoms with E-state index in [1.165, 1.54) is 5.56 Å². The summed E-state index contributed by atoms with van der Waals surface area (Å²) in [6.07, 6.45) is 0.745. The molecule has 1 fully saturated rings. The molecule has 82 valence electrons. The van der Waals surface area contributed by atoms with Gasteiger partial charge >= 0.3 is 0 Å². The molecule has 4 heteroatoms. The van der Waals surface area contributed by atoms with Gasteiger partial charge in [0, 0.05) is 12.6 Å². The van der Waals surface area contributed by atoms with Gasteiger partial charge in [0.1, 0.15) is 0 Å². The maximum Gasteiger partial charge on any atom is 0.151 e. The molecule has 1 aromatic carbocycles. The number of hydrogen-bond donors (Lipinski definition) is 1. The average Bonchev–Trinajstić information content (AvgIpc) is 2.57. The van der Waals surface area contributed by atoms with Crippen molar-refractivity contribution in [1.82, 2.24) is 5.32 Å². The van der Waals surface area contributed by atoms with Gasteiger partial charge in [-0.15, -0.1) is 0 Å². The van der Waals surface area contributed by atoms with Gasteiger partial charge < -0.3 is 5.32 Å². The van der Waals surface area contributed by atoms with Crippen LogP contribution in [-0.2, 0) is 16.4 Å². The largest absolute Gasteiger partial charge is 0.309 e. The van der Waals surface area contributed by atoms with Crippen LogP contribution < -0.4 is 5.32 Å². The molecule has 0 amide bonds. The molecule has 1 heterocycles. The third-order valence-corrected chi connectivity index (χ3v) is 4.44. The number of benzene rings is 1. The first-order valence-electron chi connectivity index (χ1n) is 5.13. The quantitative estimate of drug-likeness (QED) is 0.833. The summed E-state index contributed by atoms with van der Waals surface area (Å²) in [4.78, 5) is 0. The van der Waals surface area contributed by atoms with Crippen LogP contribution in [0.5, 0.6) is 0 Å². The summed E-state index contributed by atoms with van der Waals surface area (Å²) in [6, 6.07) is 10.2. The third kappa shape index (κ3) is 3.04. The van der Waals surface area contributed by atoms with E-state index < -0.39 is 9.84 Å². The fourth-order valence-corrected chi connectivity index (χ4v) is 3.52. The van der Waals surface area contributed by atoms with Crippen molar-refractivity contribution in [3.8, 4) is 0 Å². The fourth-order valence-electron chi connectivity index (χ4n) is 1.81. The zero-order valence-electron chi connectivity index (χ0n) is 8.52. The number of sulfone groups is 1. The van der Waals surface area contributed by atoms with Crippen molar-refractivity contribution < 1.29 is 8.42 Å². The van der Waals surface area contributed by atoms with E-state index in [1.807, 2.05) is 30.3 Å². The van der Waals surface area contributed by atoms with Crippen LogP contribution in [-0.4, -0.2) is 26.0 Å². The van der Waals surface area contributed by atoms with Gasteiger partial charge in [-0.05, 0) is 12.0 Å². The molecule has 2 rings (SSSR count). The average molecular weight is 225 g/mol. The molecule has 15 heavy (non-hydrogen) atoms. The summed E-state index contributed by atoms with van der Waals surface area (Å²) in [7, 11) is -2.76. The molecule has 0 aromatic heterocycles. The van der Waals surface area contributed by atoms with Crippen molar-refractivity contribution in [2.24, 2.45) is 0 Å². The van der Waals surface area contributed by atoms with Crippen molar-refractivity contribution in [2.45, 2.75) is 19.0 Å². The first-order chi connectivity index (χ1) is 7.16. The van der Waals surface area contributed by atoms with Crippen LogP contribution >= 0.6 is 0 Å². The number of hydrogen-bond acceptors (Lipinski definition) is 3. The number of nitrogens with one attached hydrogen (secondary N) is 1. The molecule has 3 nitrogen and oxygen atoms in total. The Bertz CT molecular complexity index is 413.